The summed E-state index contributed by atoms with van der Waals surface area (Å²) in [5.74, 6) is -0.626. The van der Waals surface area contributed by atoms with Crippen molar-refractivity contribution in [2.24, 2.45) is 11.8 Å². The van der Waals surface area contributed by atoms with Crippen molar-refractivity contribution in [3.05, 3.63) is 77.9 Å². The minimum absolute atomic E-state index is 0.0454. The van der Waals surface area contributed by atoms with E-state index in [1.165, 1.54) is 26.8 Å². The Bertz CT molecular complexity index is 1030. The van der Waals surface area contributed by atoms with E-state index in [0.717, 1.165) is 0 Å². The maximum Gasteiger partial charge on any atom is 0.239 e. The van der Waals surface area contributed by atoms with Crippen molar-refractivity contribution in [2.45, 2.75) is 10.5 Å². The van der Waals surface area contributed by atoms with Crippen molar-refractivity contribution in [2.75, 3.05) is 4.90 Å². The van der Waals surface area contributed by atoms with Gasteiger partial charge in [-0.3, -0.25) is 9.59 Å². The van der Waals surface area contributed by atoms with Crippen molar-refractivity contribution < 1.29 is 9.59 Å². The minimum Gasteiger partial charge on any atom is -0.274 e. The average Bonchev–Trinajstić information content (AvgIpc) is 3.15. The fraction of sp³-hybridized carbons (Fsp3) is 0.182. The molecule has 2 bridgehead atoms. The number of nitrogens with zero attached hydrogens (tertiary/aromatic N) is 1. The Hall–Kier alpha value is -2.59. The second kappa shape index (κ2) is 4.98. The average molecular weight is 357 g/mol. The van der Waals surface area contributed by atoms with Crippen LogP contribution in [0.4, 0.5) is 5.69 Å². The molecule has 2 aliphatic heterocycles. The molecular weight excluding hydrogens is 342 g/mol. The summed E-state index contributed by atoms with van der Waals surface area (Å²) in [6.07, 6.45) is 0. The third-order valence-corrected chi connectivity index (χ3v) is 7.62. The summed E-state index contributed by atoms with van der Waals surface area (Å²) < 4.78 is 0. The van der Waals surface area contributed by atoms with Crippen molar-refractivity contribution in [3.63, 3.8) is 0 Å². The van der Waals surface area contributed by atoms with Crippen molar-refractivity contribution in [3.8, 4) is 0 Å². The second-order valence-corrected chi connectivity index (χ2v) is 8.46. The summed E-state index contributed by atoms with van der Waals surface area (Å²) in [6.45, 7) is 0. The number of hydrogen-bond donors (Lipinski definition) is 0. The topological polar surface area (TPSA) is 37.4 Å². The Morgan fingerprint density at radius 3 is 1.85 bits per heavy atom. The fourth-order valence-corrected chi connectivity index (χ4v) is 6.83. The van der Waals surface area contributed by atoms with Crippen LogP contribution in [-0.2, 0) is 9.59 Å². The molecular formula is C22H15NO2S. The van der Waals surface area contributed by atoms with Gasteiger partial charge in [-0.05, 0) is 34.0 Å². The number of benzene rings is 3. The number of imide groups is 1. The van der Waals surface area contributed by atoms with Gasteiger partial charge in [-0.25, -0.2) is 4.90 Å². The number of hydrogen-bond acceptors (Lipinski definition) is 3. The van der Waals surface area contributed by atoms with E-state index in [-0.39, 0.29) is 34.2 Å². The SMILES string of the molecule is O=C1C2C3SC(c4cccc5cccc3c45)C2C(=O)N1c1ccccc1. The predicted molar refractivity (Wildman–Crippen MR) is 103 cm³/mol. The summed E-state index contributed by atoms with van der Waals surface area (Å²) in [6, 6.07) is 21.9. The molecule has 2 saturated heterocycles. The first-order chi connectivity index (χ1) is 12.8. The van der Waals surface area contributed by atoms with Crippen LogP contribution in [0.3, 0.4) is 0 Å². The van der Waals surface area contributed by atoms with E-state index in [0.29, 0.717) is 5.69 Å². The monoisotopic (exact) mass is 357 g/mol. The first kappa shape index (κ1) is 14.6. The molecule has 3 aliphatic rings. The molecule has 0 aromatic heterocycles. The first-order valence-corrected chi connectivity index (χ1v) is 9.80. The Balaban J connectivity index is 1.55. The van der Waals surface area contributed by atoms with Crippen LogP contribution in [0.25, 0.3) is 10.8 Å². The second-order valence-electron chi connectivity index (χ2n) is 7.17. The molecule has 0 spiro atoms. The Kier molecular flexibility index (Phi) is 2.79. The molecule has 3 aromatic carbocycles. The van der Waals surface area contributed by atoms with Crippen molar-refractivity contribution in [1.29, 1.82) is 0 Å². The molecule has 1 aliphatic carbocycles. The van der Waals surface area contributed by atoms with Gasteiger partial charge in [0.05, 0.1) is 17.5 Å². The lowest BCUT2D eigenvalue weighted by molar-refractivity contribution is -0.122. The molecule has 0 saturated carbocycles. The van der Waals surface area contributed by atoms with Gasteiger partial charge in [-0.15, -0.1) is 11.8 Å². The number of rotatable bonds is 1. The van der Waals surface area contributed by atoms with Crippen LogP contribution < -0.4 is 4.90 Å². The number of fused-ring (bicyclic) bond motifs is 2. The largest absolute Gasteiger partial charge is 0.274 e. The van der Waals surface area contributed by atoms with E-state index in [2.05, 4.69) is 36.4 Å². The van der Waals surface area contributed by atoms with Crippen molar-refractivity contribution in [1.82, 2.24) is 0 Å². The Morgan fingerprint density at radius 1 is 0.692 bits per heavy atom. The number of anilines is 1. The zero-order valence-electron chi connectivity index (χ0n) is 13.8. The first-order valence-electron chi connectivity index (χ1n) is 8.85. The highest BCUT2D eigenvalue weighted by molar-refractivity contribution is 8.00. The molecule has 0 radical (unpaired) electrons. The number of para-hydroxylation sites is 1. The number of thioether (sulfide) groups is 1. The molecule has 26 heavy (non-hydrogen) atoms. The van der Waals surface area contributed by atoms with E-state index in [4.69, 9.17) is 0 Å². The smallest absolute Gasteiger partial charge is 0.239 e. The lowest BCUT2D eigenvalue weighted by Crippen LogP contribution is -2.33. The predicted octanol–water partition coefficient (Wildman–Crippen LogP) is 4.49. The van der Waals surface area contributed by atoms with Gasteiger partial charge in [0.1, 0.15) is 0 Å². The maximum absolute atomic E-state index is 13.3. The summed E-state index contributed by atoms with van der Waals surface area (Å²) in [5.41, 5.74) is 3.11. The number of carbonyl (C=O) groups is 2. The lowest BCUT2D eigenvalue weighted by Gasteiger charge is -2.27. The van der Waals surface area contributed by atoms with Gasteiger partial charge in [0, 0.05) is 10.5 Å². The quantitative estimate of drug-likeness (QED) is 0.602. The van der Waals surface area contributed by atoms with E-state index in [1.54, 1.807) is 11.8 Å². The van der Waals surface area contributed by atoms with Gasteiger partial charge >= 0.3 is 0 Å². The van der Waals surface area contributed by atoms with Gasteiger partial charge < -0.3 is 0 Å². The molecule has 2 heterocycles. The highest BCUT2D eigenvalue weighted by Gasteiger charge is 2.62. The normalized spacial score (nSPS) is 28.7. The molecule has 2 fully saturated rings. The van der Waals surface area contributed by atoms with Crippen LogP contribution in [0.5, 0.6) is 0 Å². The third kappa shape index (κ3) is 1.65. The molecule has 0 N–H and O–H groups in total. The van der Waals surface area contributed by atoms with E-state index in [9.17, 15) is 9.59 Å². The maximum atomic E-state index is 13.3. The van der Waals surface area contributed by atoms with Crippen LogP contribution in [-0.4, -0.2) is 11.8 Å². The van der Waals surface area contributed by atoms with Gasteiger partial charge in [-0.1, -0.05) is 54.6 Å². The lowest BCUT2D eigenvalue weighted by atomic mass is 9.88. The molecule has 3 nitrogen and oxygen atoms in total. The van der Waals surface area contributed by atoms with Crippen molar-refractivity contribution >= 4 is 40.0 Å². The molecule has 2 amide bonds. The van der Waals surface area contributed by atoms with E-state index in [1.807, 2.05) is 30.3 Å². The van der Waals surface area contributed by atoms with Crippen LogP contribution in [0.2, 0.25) is 0 Å². The van der Waals surface area contributed by atoms with E-state index >= 15 is 0 Å². The third-order valence-electron chi connectivity index (χ3n) is 5.94. The van der Waals surface area contributed by atoms with E-state index < -0.39 is 0 Å². The van der Waals surface area contributed by atoms with Crippen LogP contribution in [0, 0.1) is 11.8 Å². The number of carbonyl (C=O) groups excluding carboxylic acids is 2. The minimum atomic E-state index is -0.268. The van der Waals surface area contributed by atoms with Gasteiger partial charge in [0.15, 0.2) is 0 Å². The van der Waals surface area contributed by atoms with Crippen LogP contribution in [0.15, 0.2) is 66.7 Å². The van der Waals surface area contributed by atoms with Crippen LogP contribution in [0.1, 0.15) is 21.6 Å². The summed E-state index contributed by atoms with van der Waals surface area (Å²) in [5, 5.41) is 2.59. The molecule has 6 rings (SSSR count). The number of amides is 2. The Labute approximate surface area is 155 Å². The van der Waals surface area contributed by atoms with Crippen LogP contribution >= 0.6 is 11.8 Å². The van der Waals surface area contributed by atoms with Gasteiger partial charge in [0.2, 0.25) is 11.8 Å². The molecule has 3 aromatic rings. The molecule has 4 unspecified atom stereocenters. The van der Waals surface area contributed by atoms with Gasteiger partial charge in [0.25, 0.3) is 0 Å². The summed E-state index contributed by atoms with van der Waals surface area (Å²) in [7, 11) is 0. The molecule has 4 heteroatoms. The Morgan fingerprint density at radius 2 is 1.27 bits per heavy atom. The zero-order valence-corrected chi connectivity index (χ0v) is 14.6. The molecule has 4 atom stereocenters. The zero-order chi connectivity index (χ0) is 17.4. The summed E-state index contributed by atoms with van der Waals surface area (Å²) in [4.78, 5) is 28.0. The highest BCUT2D eigenvalue weighted by Crippen LogP contribution is 2.67. The fourth-order valence-electron chi connectivity index (χ4n) is 4.92. The van der Waals surface area contributed by atoms with Gasteiger partial charge in [-0.2, -0.15) is 0 Å². The highest BCUT2D eigenvalue weighted by atomic mass is 32.2. The standard InChI is InChI=1S/C22H15NO2S/c24-21-17-18(22(25)23(21)13-8-2-1-3-9-13)20-15-11-5-7-12-6-4-10-14(16(12)15)19(17)26-20/h1-11,17-20H. The molecule has 126 valence electrons. The summed E-state index contributed by atoms with van der Waals surface area (Å²) >= 11 is 1.80.